The second kappa shape index (κ2) is 3.38. The SMILES string of the molecule is CC1(N)CN(C(=O)c2cc(O)cc(O)c2)C1. The smallest absolute Gasteiger partial charge is 0.254 e. The summed E-state index contributed by atoms with van der Waals surface area (Å²) >= 11 is 0. The van der Waals surface area contributed by atoms with Gasteiger partial charge >= 0.3 is 0 Å². The van der Waals surface area contributed by atoms with E-state index < -0.39 is 0 Å². The van der Waals surface area contributed by atoms with Crippen LogP contribution in [0.4, 0.5) is 0 Å². The van der Waals surface area contributed by atoms with Crippen LogP contribution in [0.3, 0.4) is 0 Å². The lowest BCUT2D eigenvalue weighted by atomic mass is 9.93. The van der Waals surface area contributed by atoms with E-state index in [0.717, 1.165) is 0 Å². The highest BCUT2D eigenvalue weighted by Crippen LogP contribution is 2.25. The molecule has 1 saturated heterocycles. The molecular weight excluding hydrogens is 208 g/mol. The molecule has 0 atom stereocenters. The first-order valence-electron chi connectivity index (χ1n) is 4.99. The average molecular weight is 222 g/mol. The third-order valence-electron chi connectivity index (χ3n) is 2.54. The van der Waals surface area contributed by atoms with Crippen LogP contribution in [0.15, 0.2) is 18.2 Å². The Kier molecular flexibility index (Phi) is 2.27. The van der Waals surface area contributed by atoms with Gasteiger partial charge in [-0.1, -0.05) is 0 Å². The van der Waals surface area contributed by atoms with Crippen molar-refractivity contribution in [3.8, 4) is 11.5 Å². The van der Waals surface area contributed by atoms with Crippen LogP contribution in [0.2, 0.25) is 0 Å². The highest BCUT2D eigenvalue weighted by Gasteiger charge is 2.38. The number of rotatable bonds is 1. The molecule has 1 amide bonds. The van der Waals surface area contributed by atoms with Gasteiger partial charge in [-0.25, -0.2) is 0 Å². The van der Waals surface area contributed by atoms with E-state index in [0.29, 0.717) is 13.1 Å². The summed E-state index contributed by atoms with van der Waals surface area (Å²) in [6.45, 7) is 2.85. The number of phenolic OH excluding ortho intramolecular Hbond substituents is 2. The van der Waals surface area contributed by atoms with Gasteiger partial charge in [0, 0.05) is 30.3 Å². The molecule has 0 radical (unpaired) electrons. The van der Waals surface area contributed by atoms with Gasteiger partial charge < -0.3 is 20.8 Å². The molecule has 1 aromatic rings. The van der Waals surface area contributed by atoms with Crippen molar-refractivity contribution in [1.82, 2.24) is 4.90 Å². The first-order valence-corrected chi connectivity index (χ1v) is 4.99. The van der Waals surface area contributed by atoms with Crippen molar-refractivity contribution in [1.29, 1.82) is 0 Å². The highest BCUT2D eigenvalue weighted by atomic mass is 16.3. The molecular formula is C11H14N2O3. The second-order valence-corrected chi connectivity index (χ2v) is 4.55. The van der Waals surface area contributed by atoms with E-state index in [9.17, 15) is 15.0 Å². The molecule has 86 valence electrons. The normalized spacial score (nSPS) is 18.0. The Morgan fingerprint density at radius 3 is 2.25 bits per heavy atom. The number of phenols is 2. The molecule has 1 aliphatic heterocycles. The minimum atomic E-state index is -0.325. The number of hydrogen-bond donors (Lipinski definition) is 3. The van der Waals surface area contributed by atoms with Crippen molar-refractivity contribution < 1.29 is 15.0 Å². The predicted octanol–water partition coefficient (Wildman–Crippen LogP) is 0.271. The number of aromatic hydroxyl groups is 2. The van der Waals surface area contributed by atoms with Gasteiger partial charge in [-0.2, -0.15) is 0 Å². The Morgan fingerprint density at radius 1 is 1.31 bits per heavy atom. The topological polar surface area (TPSA) is 86.8 Å². The number of carbonyl (C=O) groups excluding carboxylic acids is 1. The highest BCUT2D eigenvalue weighted by molar-refractivity contribution is 5.95. The van der Waals surface area contributed by atoms with E-state index in [1.807, 2.05) is 6.92 Å². The predicted molar refractivity (Wildman–Crippen MR) is 58.3 cm³/mol. The summed E-state index contributed by atoms with van der Waals surface area (Å²) in [6, 6.07) is 3.84. The maximum Gasteiger partial charge on any atom is 0.254 e. The summed E-state index contributed by atoms with van der Waals surface area (Å²) in [5.74, 6) is -0.479. The van der Waals surface area contributed by atoms with Gasteiger partial charge in [-0.3, -0.25) is 4.79 Å². The first-order chi connectivity index (χ1) is 7.37. The monoisotopic (exact) mass is 222 g/mol. The van der Waals surface area contributed by atoms with Crippen molar-refractivity contribution >= 4 is 5.91 Å². The summed E-state index contributed by atoms with van der Waals surface area (Å²) in [5.41, 5.74) is 5.74. The van der Waals surface area contributed by atoms with Crippen LogP contribution >= 0.6 is 0 Å². The largest absolute Gasteiger partial charge is 0.508 e. The minimum absolute atomic E-state index is 0.126. The molecule has 2 rings (SSSR count). The van der Waals surface area contributed by atoms with Crippen molar-refractivity contribution in [3.63, 3.8) is 0 Å². The minimum Gasteiger partial charge on any atom is -0.508 e. The van der Waals surface area contributed by atoms with Crippen LogP contribution in [-0.4, -0.2) is 39.6 Å². The fourth-order valence-electron chi connectivity index (χ4n) is 1.87. The molecule has 0 saturated carbocycles. The molecule has 0 bridgehead atoms. The first kappa shape index (κ1) is 10.8. The maximum absolute atomic E-state index is 11.9. The summed E-state index contributed by atoms with van der Waals surface area (Å²) in [4.78, 5) is 13.4. The van der Waals surface area contributed by atoms with Gasteiger partial charge in [0.15, 0.2) is 0 Å². The van der Waals surface area contributed by atoms with Crippen LogP contribution in [-0.2, 0) is 0 Å². The number of amides is 1. The number of nitrogens with two attached hydrogens (primary N) is 1. The lowest BCUT2D eigenvalue weighted by Gasteiger charge is -2.45. The van der Waals surface area contributed by atoms with Crippen molar-refractivity contribution in [3.05, 3.63) is 23.8 Å². The Morgan fingerprint density at radius 2 is 1.81 bits per heavy atom. The quantitative estimate of drug-likeness (QED) is 0.636. The number of hydrogen-bond acceptors (Lipinski definition) is 4. The fraction of sp³-hybridized carbons (Fsp3) is 0.364. The van der Waals surface area contributed by atoms with Gasteiger partial charge in [-0.05, 0) is 19.1 Å². The Hall–Kier alpha value is -1.75. The number of carbonyl (C=O) groups is 1. The third kappa shape index (κ3) is 1.94. The van der Waals surface area contributed by atoms with E-state index in [2.05, 4.69) is 0 Å². The molecule has 16 heavy (non-hydrogen) atoms. The van der Waals surface area contributed by atoms with Gasteiger partial charge in [0.05, 0.1) is 0 Å². The zero-order valence-corrected chi connectivity index (χ0v) is 8.97. The Balaban J connectivity index is 2.16. The average Bonchev–Trinajstić information content (AvgIpc) is 2.11. The van der Waals surface area contributed by atoms with Crippen LogP contribution in [0.5, 0.6) is 11.5 Å². The van der Waals surface area contributed by atoms with Crippen LogP contribution in [0.25, 0.3) is 0 Å². The molecule has 1 aliphatic rings. The van der Waals surface area contributed by atoms with Crippen LogP contribution < -0.4 is 5.73 Å². The van der Waals surface area contributed by atoms with Gasteiger partial charge in [-0.15, -0.1) is 0 Å². The number of benzene rings is 1. The number of nitrogens with zero attached hydrogens (tertiary/aromatic N) is 1. The zero-order valence-electron chi connectivity index (χ0n) is 8.97. The lowest BCUT2D eigenvalue weighted by Crippen LogP contribution is -2.66. The standard InChI is InChI=1S/C11H14N2O3/c1-11(12)5-13(6-11)10(16)7-2-8(14)4-9(15)3-7/h2-4,14-15H,5-6,12H2,1H3. The van der Waals surface area contributed by atoms with Crippen molar-refractivity contribution in [2.24, 2.45) is 5.73 Å². The van der Waals surface area contributed by atoms with Gasteiger partial charge in [0.25, 0.3) is 5.91 Å². The molecule has 1 heterocycles. The van der Waals surface area contributed by atoms with Gasteiger partial charge in [0.2, 0.25) is 0 Å². The fourth-order valence-corrected chi connectivity index (χ4v) is 1.87. The molecule has 5 nitrogen and oxygen atoms in total. The van der Waals surface area contributed by atoms with Crippen molar-refractivity contribution in [2.45, 2.75) is 12.5 Å². The Labute approximate surface area is 93.1 Å². The van der Waals surface area contributed by atoms with E-state index in [-0.39, 0.29) is 28.5 Å². The number of likely N-dealkylation sites (tertiary alicyclic amines) is 1. The molecule has 5 heteroatoms. The third-order valence-corrected chi connectivity index (χ3v) is 2.54. The molecule has 1 aromatic carbocycles. The summed E-state index contributed by atoms with van der Waals surface area (Å²) in [7, 11) is 0. The van der Waals surface area contributed by atoms with Crippen LogP contribution in [0.1, 0.15) is 17.3 Å². The van der Waals surface area contributed by atoms with E-state index >= 15 is 0 Å². The molecule has 0 unspecified atom stereocenters. The molecule has 0 aromatic heterocycles. The van der Waals surface area contributed by atoms with Crippen LogP contribution in [0, 0.1) is 0 Å². The molecule has 0 aliphatic carbocycles. The van der Waals surface area contributed by atoms with Crippen molar-refractivity contribution in [2.75, 3.05) is 13.1 Å². The Bertz CT molecular complexity index is 415. The lowest BCUT2D eigenvalue weighted by molar-refractivity contribution is 0.0453. The molecule has 1 fully saturated rings. The van der Waals surface area contributed by atoms with E-state index in [1.54, 1.807) is 4.90 Å². The summed E-state index contributed by atoms with van der Waals surface area (Å²) < 4.78 is 0. The maximum atomic E-state index is 11.9. The summed E-state index contributed by atoms with van der Waals surface area (Å²) in [5, 5.41) is 18.5. The molecule has 4 N–H and O–H groups in total. The van der Waals surface area contributed by atoms with E-state index in [1.165, 1.54) is 18.2 Å². The van der Waals surface area contributed by atoms with E-state index in [4.69, 9.17) is 5.73 Å². The van der Waals surface area contributed by atoms with Gasteiger partial charge in [0.1, 0.15) is 11.5 Å². The second-order valence-electron chi connectivity index (χ2n) is 4.55. The molecule has 0 spiro atoms. The zero-order chi connectivity index (χ0) is 11.9. The summed E-state index contributed by atoms with van der Waals surface area (Å²) in [6.07, 6.45) is 0.